The minimum atomic E-state index is -3.57. The molecule has 0 amide bonds. The number of rotatable bonds is 5. The van der Waals surface area contributed by atoms with Crippen LogP contribution in [0.2, 0.25) is 0 Å². The van der Waals surface area contributed by atoms with Gasteiger partial charge in [0, 0.05) is 16.0 Å². The number of sulfonamides is 1. The van der Waals surface area contributed by atoms with Crippen molar-refractivity contribution in [2.24, 2.45) is 0 Å². The Bertz CT molecular complexity index is 687. The fraction of sp³-hybridized carbons (Fsp3) is 0.143. The summed E-state index contributed by atoms with van der Waals surface area (Å²) in [5.74, 6) is 0.545. The van der Waals surface area contributed by atoms with E-state index in [9.17, 15) is 8.42 Å². The molecule has 0 saturated heterocycles. The molecule has 106 valence electrons. The average molecular weight is 375 g/mol. The minimum Gasteiger partial charge on any atom is -0.280 e. The van der Waals surface area contributed by atoms with Gasteiger partial charge in [0.05, 0.1) is 4.90 Å². The number of hydrogen-bond acceptors (Lipinski definition) is 2. The number of alkyl halides is 1. The molecule has 0 fully saturated rings. The van der Waals surface area contributed by atoms with Gasteiger partial charge < -0.3 is 0 Å². The zero-order valence-electron chi connectivity index (χ0n) is 10.5. The largest absolute Gasteiger partial charge is 0.280 e. The van der Waals surface area contributed by atoms with Gasteiger partial charge in [0.2, 0.25) is 0 Å². The first-order chi connectivity index (χ1) is 9.51. The molecule has 0 aliphatic rings. The second-order valence-electron chi connectivity index (χ2n) is 4.20. The zero-order valence-corrected chi connectivity index (χ0v) is 13.7. The lowest BCUT2D eigenvalue weighted by molar-refractivity contribution is 0.601. The lowest BCUT2D eigenvalue weighted by Gasteiger charge is -2.09. The molecular formula is C14H13BrClNO2S. The van der Waals surface area contributed by atoms with Crippen molar-refractivity contribution in [1.29, 1.82) is 0 Å². The fourth-order valence-corrected chi connectivity index (χ4v) is 3.57. The molecule has 0 bridgehead atoms. The van der Waals surface area contributed by atoms with Gasteiger partial charge >= 0.3 is 0 Å². The van der Waals surface area contributed by atoms with Crippen LogP contribution in [-0.4, -0.2) is 14.3 Å². The van der Waals surface area contributed by atoms with Gasteiger partial charge in [-0.2, -0.15) is 0 Å². The Balaban J connectivity index is 2.20. The Kier molecular flexibility index (Phi) is 5.07. The highest BCUT2D eigenvalue weighted by atomic mass is 79.9. The molecule has 2 rings (SSSR count). The van der Waals surface area contributed by atoms with E-state index in [1.165, 1.54) is 0 Å². The summed E-state index contributed by atoms with van der Waals surface area (Å²) in [6.07, 6.45) is 0.764. The van der Waals surface area contributed by atoms with Crippen molar-refractivity contribution in [3.05, 3.63) is 58.6 Å². The molecule has 0 unspecified atom stereocenters. The molecule has 0 atom stereocenters. The quantitative estimate of drug-likeness (QED) is 0.803. The highest BCUT2D eigenvalue weighted by molar-refractivity contribution is 9.10. The third-order valence-corrected chi connectivity index (χ3v) is 4.76. The molecule has 0 saturated carbocycles. The van der Waals surface area contributed by atoms with Crippen LogP contribution in [0.4, 0.5) is 5.69 Å². The van der Waals surface area contributed by atoms with Crippen LogP contribution in [0.3, 0.4) is 0 Å². The van der Waals surface area contributed by atoms with Crippen LogP contribution in [-0.2, 0) is 16.4 Å². The predicted octanol–water partition coefficient (Wildman–Crippen LogP) is 4.03. The van der Waals surface area contributed by atoms with Crippen LogP contribution in [0.5, 0.6) is 0 Å². The van der Waals surface area contributed by atoms with E-state index in [1.54, 1.807) is 36.4 Å². The van der Waals surface area contributed by atoms with E-state index in [0.717, 1.165) is 16.5 Å². The van der Waals surface area contributed by atoms with E-state index >= 15 is 0 Å². The number of nitrogens with one attached hydrogen (secondary N) is 1. The predicted molar refractivity (Wildman–Crippen MR) is 85.8 cm³/mol. The van der Waals surface area contributed by atoms with E-state index < -0.39 is 10.0 Å². The highest BCUT2D eigenvalue weighted by Gasteiger charge is 2.14. The summed E-state index contributed by atoms with van der Waals surface area (Å²) in [5, 5.41) is 0. The lowest BCUT2D eigenvalue weighted by atomic mass is 10.2. The maximum absolute atomic E-state index is 12.2. The summed E-state index contributed by atoms with van der Waals surface area (Å²) in [7, 11) is -3.57. The van der Waals surface area contributed by atoms with Crippen LogP contribution in [0, 0.1) is 0 Å². The van der Waals surface area contributed by atoms with Crippen molar-refractivity contribution < 1.29 is 8.42 Å². The van der Waals surface area contributed by atoms with Gasteiger partial charge in [0.1, 0.15) is 0 Å². The molecule has 0 aliphatic heterocycles. The Morgan fingerprint density at radius 3 is 2.40 bits per heavy atom. The van der Waals surface area contributed by atoms with Crippen molar-refractivity contribution in [2.45, 2.75) is 11.3 Å². The normalized spacial score (nSPS) is 11.3. The maximum Gasteiger partial charge on any atom is 0.261 e. The summed E-state index contributed by atoms with van der Waals surface area (Å²) in [5.41, 5.74) is 1.61. The van der Waals surface area contributed by atoms with E-state index in [2.05, 4.69) is 20.7 Å². The summed E-state index contributed by atoms with van der Waals surface area (Å²) in [6, 6.07) is 13.8. The second-order valence-corrected chi connectivity index (χ2v) is 7.17. The van der Waals surface area contributed by atoms with Crippen molar-refractivity contribution in [3.8, 4) is 0 Å². The van der Waals surface area contributed by atoms with Crippen molar-refractivity contribution >= 4 is 43.2 Å². The number of hydrogen-bond donors (Lipinski definition) is 1. The second kappa shape index (κ2) is 6.61. The van der Waals surface area contributed by atoms with Crippen LogP contribution in [0.15, 0.2) is 57.9 Å². The third-order valence-electron chi connectivity index (χ3n) is 2.70. The smallest absolute Gasteiger partial charge is 0.261 e. The Labute approximate surface area is 132 Å². The highest BCUT2D eigenvalue weighted by Crippen LogP contribution is 2.20. The van der Waals surface area contributed by atoms with Crippen LogP contribution < -0.4 is 4.72 Å². The summed E-state index contributed by atoms with van der Waals surface area (Å²) < 4.78 is 27.7. The zero-order chi connectivity index (χ0) is 14.6. The molecule has 1 N–H and O–H groups in total. The van der Waals surface area contributed by atoms with E-state index in [-0.39, 0.29) is 4.90 Å². The standard InChI is InChI=1S/C14H13BrClNO2S/c15-12-2-1-3-14(10-12)20(18,19)17-13-6-4-11(5-7-13)8-9-16/h1-7,10,17H,8-9H2. The number of anilines is 1. The van der Waals surface area contributed by atoms with Gasteiger partial charge in [-0.15, -0.1) is 11.6 Å². The van der Waals surface area contributed by atoms with Gasteiger partial charge in [0.25, 0.3) is 10.0 Å². The maximum atomic E-state index is 12.2. The van der Waals surface area contributed by atoms with Gasteiger partial charge in [0.15, 0.2) is 0 Å². The molecule has 2 aromatic carbocycles. The number of benzene rings is 2. The van der Waals surface area contributed by atoms with E-state index in [1.807, 2.05) is 12.1 Å². The summed E-state index contributed by atoms with van der Waals surface area (Å²) >= 11 is 8.92. The Hall–Kier alpha value is -1.04. The summed E-state index contributed by atoms with van der Waals surface area (Å²) in [4.78, 5) is 0.219. The molecular weight excluding hydrogens is 362 g/mol. The summed E-state index contributed by atoms with van der Waals surface area (Å²) in [6.45, 7) is 0. The Morgan fingerprint density at radius 2 is 1.80 bits per heavy atom. The average Bonchev–Trinajstić information content (AvgIpc) is 2.41. The minimum absolute atomic E-state index is 0.219. The van der Waals surface area contributed by atoms with Gasteiger partial charge in [-0.25, -0.2) is 8.42 Å². The molecule has 0 aliphatic carbocycles. The van der Waals surface area contributed by atoms with Crippen molar-refractivity contribution in [3.63, 3.8) is 0 Å². The van der Waals surface area contributed by atoms with Crippen LogP contribution in [0.25, 0.3) is 0 Å². The molecule has 20 heavy (non-hydrogen) atoms. The van der Waals surface area contributed by atoms with Gasteiger partial charge in [-0.3, -0.25) is 4.72 Å². The Morgan fingerprint density at radius 1 is 1.10 bits per heavy atom. The van der Waals surface area contributed by atoms with Gasteiger partial charge in [-0.05, 0) is 42.3 Å². The third kappa shape index (κ3) is 3.98. The lowest BCUT2D eigenvalue weighted by Crippen LogP contribution is -2.12. The number of halogens is 2. The molecule has 0 heterocycles. The molecule has 0 radical (unpaired) electrons. The molecule has 0 aromatic heterocycles. The first-order valence-corrected chi connectivity index (χ1v) is 8.75. The monoisotopic (exact) mass is 373 g/mol. The topological polar surface area (TPSA) is 46.2 Å². The molecule has 2 aromatic rings. The van der Waals surface area contributed by atoms with Crippen molar-refractivity contribution in [2.75, 3.05) is 10.6 Å². The van der Waals surface area contributed by atoms with Crippen LogP contribution in [0.1, 0.15) is 5.56 Å². The molecule has 6 heteroatoms. The molecule has 3 nitrogen and oxygen atoms in total. The first-order valence-electron chi connectivity index (χ1n) is 5.94. The fourth-order valence-electron chi connectivity index (χ4n) is 1.70. The molecule has 0 spiro atoms. The van der Waals surface area contributed by atoms with Gasteiger partial charge in [-0.1, -0.05) is 34.1 Å². The van der Waals surface area contributed by atoms with E-state index in [0.29, 0.717) is 11.6 Å². The van der Waals surface area contributed by atoms with Crippen LogP contribution >= 0.6 is 27.5 Å². The van der Waals surface area contributed by atoms with Crippen molar-refractivity contribution in [1.82, 2.24) is 0 Å². The van der Waals surface area contributed by atoms with E-state index in [4.69, 9.17) is 11.6 Å². The number of aryl methyl sites for hydroxylation is 1. The first kappa shape index (κ1) is 15.4. The SMILES string of the molecule is O=S(=O)(Nc1ccc(CCCl)cc1)c1cccc(Br)c1.